The quantitative estimate of drug-likeness (QED) is 0.0155. The van der Waals surface area contributed by atoms with Gasteiger partial charge in [-0.2, -0.15) is 0 Å². The number of aliphatic imine (C=N–C) groups is 3. The Kier molecular flexibility index (Phi) is 36.4. The van der Waals surface area contributed by atoms with Gasteiger partial charge in [-0.25, -0.2) is 0 Å². The molecule has 448 valence electrons. The highest BCUT2D eigenvalue weighted by Gasteiger charge is 2.35. The average molecular weight is 1130 g/mol. The number of aliphatic hydroxyl groups is 2. The van der Waals surface area contributed by atoms with Gasteiger partial charge in [0.25, 0.3) is 0 Å². The lowest BCUT2D eigenvalue weighted by molar-refractivity contribution is -0.141. The first kappa shape index (κ1) is 71.8. The minimum atomic E-state index is -1.60. The molecule has 0 aromatic heterocycles. The molecule has 9 atom stereocenters. The number of hydrogen-bond donors (Lipinski definition) is 16. The Morgan fingerprint density at radius 2 is 0.823 bits per heavy atom. The number of hydrogen-bond acceptors (Lipinski definition) is 18. The van der Waals surface area contributed by atoms with E-state index in [0.717, 1.165) is 0 Å². The van der Waals surface area contributed by atoms with Crippen molar-refractivity contribution in [3.05, 3.63) is 0 Å². The number of guanidine groups is 3. The summed E-state index contributed by atoms with van der Waals surface area (Å²) >= 11 is 0. The number of Topliss-reactive ketones (excluding diaryl/α,β-unsaturated/α-hetero) is 5. The lowest BCUT2D eigenvalue weighted by atomic mass is 9.88. The maximum absolute atomic E-state index is 14.4. The third kappa shape index (κ3) is 31.1. The molecule has 30 heteroatoms. The van der Waals surface area contributed by atoms with Gasteiger partial charge in [0.05, 0.1) is 43.8 Å². The number of carbonyl (C=O) groups excluding carboxylic acids is 9. The molecule has 0 unspecified atom stereocenters. The SMILES string of the molecule is CCC(=O)[C@H](CC(=O)O)NC(=O)[C@H](C)CC(=O)[C@H](CO)NC(=O)[C@H](CCCN=C(N)N)CC(=O)[C@H](CCCN=C(N)N)NC(=O)[C@H](CCCCN)CC(=O)[C@@H](CCC(=O)O)NC(=O)[C@H](CCCN=C(N)N)CC(=O)[C@H](CO)NC. The van der Waals surface area contributed by atoms with Gasteiger partial charge in [-0.1, -0.05) is 20.3 Å². The van der Waals surface area contributed by atoms with Crippen molar-refractivity contribution in [2.45, 2.75) is 153 Å². The number of aliphatic carboxylic acids is 2. The van der Waals surface area contributed by atoms with Gasteiger partial charge in [0, 0.05) is 81.8 Å². The first-order valence-electron chi connectivity index (χ1n) is 26.3. The van der Waals surface area contributed by atoms with Gasteiger partial charge < -0.3 is 87.1 Å². The van der Waals surface area contributed by atoms with Crippen molar-refractivity contribution >= 4 is 82.4 Å². The molecular weight excluding hydrogens is 1040 g/mol. The number of nitrogens with zero attached hydrogens (tertiary/aromatic N) is 3. The van der Waals surface area contributed by atoms with Gasteiger partial charge in [0.1, 0.15) is 6.04 Å². The maximum atomic E-state index is 14.4. The number of amides is 4. The Bertz CT molecular complexity index is 2110. The van der Waals surface area contributed by atoms with Crippen molar-refractivity contribution in [2.24, 2.45) is 78.8 Å². The summed E-state index contributed by atoms with van der Waals surface area (Å²) in [6.07, 6.45) is -2.82. The Labute approximate surface area is 459 Å². The summed E-state index contributed by atoms with van der Waals surface area (Å²) in [5, 5.41) is 51.5. The third-order valence-corrected chi connectivity index (χ3v) is 12.7. The van der Waals surface area contributed by atoms with Crippen molar-refractivity contribution in [3.8, 4) is 0 Å². The fraction of sp³-hybridized carbons (Fsp3) is 0.714. The van der Waals surface area contributed by atoms with E-state index in [0.29, 0.717) is 12.8 Å². The molecule has 30 nitrogen and oxygen atoms in total. The van der Waals surface area contributed by atoms with Gasteiger partial charge in [0.15, 0.2) is 46.8 Å². The van der Waals surface area contributed by atoms with E-state index in [1.807, 2.05) is 0 Å². The number of likely N-dealkylation sites (N-methyl/N-ethyl adjacent to an activating group) is 1. The van der Waals surface area contributed by atoms with Gasteiger partial charge in [-0.05, 0) is 71.4 Å². The minimum Gasteiger partial charge on any atom is -0.481 e. The second-order valence-electron chi connectivity index (χ2n) is 19.1. The standard InChI is InChI=1S/C49H87N15O15/c1-4-36(67)33(24-42(74)75)63-43(76)27(2)20-37(68)35(26-66)64-46(79)29(11-7-17-58-47(51)52)22-38(69)31(13-9-19-60-49(55)56)61-44(77)28(10-5-6-16-50)21-39(70)32(14-15-41(72)73)62-45(78)30(12-8-18-59-48(53)54)23-40(71)34(25-65)57-3/h27-35,57,65-66H,4-26,50H2,1-3H3,(H,61,77)(H,62,78)(H,63,76)(H,64,79)(H,72,73)(H,74,75)(H4,51,52,58)(H4,53,54,59)(H4,55,56,60)/t27-,28-,29-,30-,31+,32-,33+,34+,35+/m1/s1. The van der Waals surface area contributed by atoms with E-state index in [2.05, 4.69) is 41.6 Å². The Morgan fingerprint density at radius 3 is 1.20 bits per heavy atom. The molecule has 0 saturated carbocycles. The van der Waals surface area contributed by atoms with Crippen LogP contribution >= 0.6 is 0 Å². The summed E-state index contributed by atoms with van der Waals surface area (Å²) in [6, 6.07) is -6.81. The molecule has 4 amide bonds. The smallest absolute Gasteiger partial charge is 0.305 e. The zero-order chi connectivity index (χ0) is 60.2. The molecule has 0 rings (SSSR count). The molecule has 0 fully saturated rings. The zero-order valence-corrected chi connectivity index (χ0v) is 45.6. The molecule has 0 aliphatic rings. The van der Waals surface area contributed by atoms with Crippen LogP contribution in [0.3, 0.4) is 0 Å². The van der Waals surface area contributed by atoms with Crippen molar-refractivity contribution in [1.29, 1.82) is 0 Å². The second-order valence-corrected chi connectivity index (χ2v) is 19.1. The van der Waals surface area contributed by atoms with Crippen LogP contribution in [0.15, 0.2) is 15.0 Å². The Balaban J connectivity index is 6.97. The number of aliphatic hydroxyl groups excluding tert-OH is 2. The van der Waals surface area contributed by atoms with Crippen LogP contribution in [0.1, 0.15) is 123 Å². The molecule has 0 aliphatic carbocycles. The average Bonchev–Trinajstić information content (AvgIpc) is 3.38. The predicted octanol–water partition coefficient (Wildman–Crippen LogP) is -4.57. The van der Waals surface area contributed by atoms with Gasteiger partial charge in [0.2, 0.25) is 23.6 Å². The number of rotatable bonds is 46. The lowest BCUT2D eigenvalue weighted by Crippen LogP contribution is -2.49. The van der Waals surface area contributed by atoms with Crippen LogP contribution in [-0.2, 0) is 52.7 Å². The number of nitrogens with one attached hydrogen (secondary N) is 5. The van der Waals surface area contributed by atoms with Crippen molar-refractivity contribution in [2.75, 3.05) is 46.4 Å². The summed E-state index contributed by atoms with van der Waals surface area (Å²) < 4.78 is 0. The number of carbonyl (C=O) groups is 11. The summed E-state index contributed by atoms with van der Waals surface area (Å²) in [7, 11) is 1.44. The van der Waals surface area contributed by atoms with E-state index in [-0.39, 0.29) is 102 Å². The van der Waals surface area contributed by atoms with Crippen LogP contribution in [0.4, 0.5) is 0 Å². The topological polar surface area (TPSA) is 548 Å². The molecule has 0 saturated heterocycles. The van der Waals surface area contributed by atoms with Crippen LogP contribution in [-0.4, -0.2) is 179 Å². The second kappa shape index (κ2) is 40.1. The first-order valence-corrected chi connectivity index (χ1v) is 26.3. The summed E-state index contributed by atoms with van der Waals surface area (Å²) in [5.41, 5.74) is 38.6. The van der Waals surface area contributed by atoms with Crippen LogP contribution in [0, 0.1) is 23.7 Å². The van der Waals surface area contributed by atoms with E-state index in [1.54, 1.807) is 0 Å². The van der Waals surface area contributed by atoms with E-state index in [9.17, 15) is 73.2 Å². The van der Waals surface area contributed by atoms with Crippen molar-refractivity contribution < 1.29 is 73.2 Å². The number of ketones is 5. The van der Waals surface area contributed by atoms with Crippen molar-refractivity contribution in [3.63, 3.8) is 0 Å². The van der Waals surface area contributed by atoms with Crippen LogP contribution in [0.2, 0.25) is 0 Å². The molecule has 0 aliphatic heterocycles. The maximum Gasteiger partial charge on any atom is 0.305 e. The molecule has 0 aromatic rings. The summed E-state index contributed by atoms with van der Waals surface area (Å²) in [4.78, 5) is 158. The summed E-state index contributed by atoms with van der Waals surface area (Å²) in [6.45, 7) is 1.58. The van der Waals surface area contributed by atoms with E-state index < -0.39 is 170 Å². The van der Waals surface area contributed by atoms with Crippen LogP contribution in [0.5, 0.6) is 0 Å². The normalized spacial score (nSPS) is 14.4. The molecule has 0 spiro atoms. The van der Waals surface area contributed by atoms with E-state index in [4.69, 9.17) is 40.1 Å². The number of unbranched alkanes of at least 4 members (excludes halogenated alkanes) is 1. The van der Waals surface area contributed by atoms with E-state index >= 15 is 0 Å². The third-order valence-electron chi connectivity index (χ3n) is 12.7. The molecule has 0 radical (unpaired) electrons. The first-order chi connectivity index (χ1) is 37.2. The molecule has 0 heterocycles. The molecule has 23 N–H and O–H groups in total. The lowest BCUT2D eigenvalue weighted by Gasteiger charge is -2.26. The highest BCUT2D eigenvalue weighted by atomic mass is 16.4. The highest BCUT2D eigenvalue weighted by Crippen LogP contribution is 2.22. The fourth-order valence-corrected chi connectivity index (χ4v) is 8.13. The number of carboxylic acids is 2. The van der Waals surface area contributed by atoms with E-state index in [1.165, 1.54) is 20.9 Å². The highest BCUT2D eigenvalue weighted by molar-refractivity contribution is 5.98. The fourth-order valence-electron chi connectivity index (χ4n) is 8.13. The van der Waals surface area contributed by atoms with Crippen molar-refractivity contribution in [1.82, 2.24) is 26.6 Å². The number of nitrogens with two attached hydrogens (primary N) is 7. The minimum absolute atomic E-state index is 0.00250. The van der Waals surface area contributed by atoms with Gasteiger partial charge in [-0.3, -0.25) is 67.7 Å². The largest absolute Gasteiger partial charge is 0.481 e. The molecular formula is C49H87N15O15. The van der Waals surface area contributed by atoms with Crippen LogP contribution < -0.4 is 66.7 Å². The predicted molar refractivity (Wildman–Crippen MR) is 290 cm³/mol. The Morgan fingerprint density at radius 1 is 0.443 bits per heavy atom. The zero-order valence-electron chi connectivity index (χ0n) is 45.6. The van der Waals surface area contributed by atoms with Crippen LogP contribution in [0.25, 0.3) is 0 Å². The molecule has 79 heavy (non-hydrogen) atoms. The molecule has 0 bridgehead atoms. The monoisotopic (exact) mass is 1130 g/mol. The van der Waals surface area contributed by atoms with Gasteiger partial charge in [-0.15, -0.1) is 0 Å². The number of carboxylic acid groups (broad SMARTS) is 2. The Hall–Kier alpha value is -7.18. The van der Waals surface area contributed by atoms with Gasteiger partial charge >= 0.3 is 11.9 Å². The molecule has 0 aromatic carbocycles. The summed E-state index contributed by atoms with van der Waals surface area (Å²) in [5.74, 6) is -14.7.